The van der Waals surface area contributed by atoms with E-state index in [2.05, 4.69) is 11.2 Å². The average molecular weight is 289 g/mol. The number of rotatable bonds is 4. The van der Waals surface area contributed by atoms with Gasteiger partial charge in [0.2, 0.25) is 5.91 Å². The molecule has 1 aliphatic heterocycles. The molecule has 1 amide bonds. The number of nitrogens with two attached hydrogens (primary N) is 1. The lowest BCUT2D eigenvalue weighted by Gasteiger charge is -2.27. The number of oxime groups is 1. The van der Waals surface area contributed by atoms with Crippen LogP contribution < -0.4 is 10.6 Å². The Morgan fingerprint density at radius 2 is 2.19 bits per heavy atom. The van der Waals surface area contributed by atoms with E-state index in [0.29, 0.717) is 13.0 Å². The number of aryl methyl sites for hydroxylation is 1. The Bertz CT molecular complexity index is 528. The fourth-order valence-electron chi connectivity index (χ4n) is 2.86. The van der Waals surface area contributed by atoms with Crippen molar-refractivity contribution in [3.05, 3.63) is 29.8 Å². The summed E-state index contributed by atoms with van der Waals surface area (Å²) in [5.74, 6) is -0.615. The number of nitrogens with zero attached hydrogens (tertiary/aromatic N) is 2. The van der Waals surface area contributed by atoms with Crippen LogP contribution in [0.1, 0.15) is 38.2 Å². The molecular formula is C16H23N3O2. The van der Waals surface area contributed by atoms with Gasteiger partial charge in [-0.2, -0.15) is 0 Å². The second-order valence-electron chi connectivity index (χ2n) is 5.44. The Kier molecular flexibility index (Phi) is 5.20. The highest BCUT2D eigenvalue weighted by molar-refractivity contribution is 6.09. The van der Waals surface area contributed by atoms with Gasteiger partial charge in [0.15, 0.2) is 5.84 Å². The largest absolute Gasteiger partial charge is 0.409 e. The van der Waals surface area contributed by atoms with E-state index in [4.69, 9.17) is 10.9 Å². The van der Waals surface area contributed by atoms with Crippen molar-refractivity contribution in [1.29, 1.82) is 0 Å². The highest BCUT2D eigenvalue weighted by Gasteiger charge is 2.30. The van der Waals surface area contributed by atoms with Crippen molar-refractivity contribution >= 4 is 17.4 Å². The number of carbonyl (C=O) groups excluding carboxylic acids is 1. The smallest absolute Gasteiger partial charge is 0.237 e. The SMILES string of the molecule is CCCC(C(=O)N1CCCCc2ccccc21)C(N)=NO. The van der Waals surface area contributed by atoms with Crippen LogP contribution in [0.15, 0.2) is 29.4 Å². The van der Waals surface area contributed by atoms with E-state index in [1.807, 2.05) is 25.1 Å². The summed E-state index contributed by atoms with van der Waals surface area (Å²) in [6.07, 6.45) is 4.43. The number of hydrogen-bond acceptors (Lipinski definition) is 3. The number of carbonyl (C=O) groups is 1. The number of fused-ring (bicyclic) bond motifs is 1. The van der Waals surface area contributed by atoms with E-state index in [1.54, 1.807) is 4.90 Å². The lowest BCUT2D eigenvalue weighted by atomic mass is 10.00. The predicted octanol–water partition coefficient (Wildman–Crippen LogP) is 2.52. The molecule has 1 heterocycles. The fraction of sp³-hybridized carbons (Fsp3) is 0.500. The van der Waals surface area contributed by atoms with E-state index in [0.717, 1.165) is 31.4 Å². The lowest BCUT2D eigenvalue weighted by molar-refractivity contribution is -0.120. The van der Waals surface area contributed by atoms with Crippen LogP contribution in [0, 0.1) is 5.92 Å². The standard InChI is InChI=1S/C16H23N3O2/c1-2-7-13(15(17)18-21)16(20)19-11-6-5-9-12-8-3-4-10-14(12)19/h3-4,8,10,13,21H,2,5-7,9,11H2,1H3,(H2,17,18). The first-order valence-electron chi connectivity index (χ1n) is 7.55. The van der Waals surface area contributed by atoms with Gasteiger partial charge in [0.1, 0.15) is 0 Å². The number of para-hydroxylation sites is 1. The summed E-state index contributed by atoms with van der Waals surface area (Å²) < 4.78 is 0. The van der Waals surface area contributed by atoms with Crippen molar-refractivity contribution in [3.63, 3.8) is 0 Å². The molecule has 0 spiro atoms. The number of amidine groups is 1. The van der Waals surface area contributed by atoms with Gasteiger partial charge in [-0.25, -0.2) is 0 Å². The minimum Gasteiger partial charge on any atom is -0.409 e. The first-order valence-corrected chi connectivity index (χ1v) is 7.55. The molecular weight excluding hydrogens is 266 g/mol. The minimum atomic E-state index is -0.550. The van der Waals surface area contributed by atoms with Crippen molar-refractivity contribution in [2.45, 2.75) is 39.0 Å². The van der Waals surface area contributed by atoms with Crippen LogP contribution in [0.5, 0.6) is 0 Å². The first-order chi connectivity index (χ1) is 10.2. The highest BCUT2D eigenvalue weighted by atomic mass is 16.4. The Labute approximate surface area is 125 Å². The Balaban J connectivity index is 2.33. The topological polar surface area (TPSA) is 78.9 Å². The van der Waals surface area contributed by atoms with Crippen molar-refractivity contribution in [3.8, 4) is 0 Å². The van der Waals surface area contributed by atoms with Gasteiger partial charge in [0, 0.05) is 12.2 Å². The lowest BCUT2D eigenvalue weighted by Crippen LogP contribution is -2.42. The first kappa shape index (κ1) is 15.4. The van der Waals surface area contributed by atoms with Gasteiger partial charge < -0.3 is 15.8 Å². The molecule has 114 valence electrons. The molecule has 3 N–H and O–H groups in total. The zero-order chi connectivity index (χ0) is 15.2. The summed E-state index contributed by atoms with van der Waals surface area (Å²) in [7, 11) is 0. The van der Waals surface area contributed by atoms with E-state index < -0.39 is 5.92 Å². The van der Waals surface area contributed by atoms with E-state index in [1.165, 1.54) is 5.56 Å². The van der Waals surface area contributed by atoms with Gasteiger partial charge in [-0.05, 0) is 37.3 Å². The molecule has 5 heteroatoms. The summed E-state index contributed by atoms with van der Waals surface area (Å²) in [5.41, 5.74) is 7.88. The summed E-state index contributed by atoms with van der Waals surface area (Å²) in [6, 6.07) is 8.00. The Morgan fingerprint density at radius 1 is 1.43 bits per heavy atom. The molecule has 0 saturated carbocycles. The zero-order valence-electron chi connectivity index (χ0n) is 12.5. The Morgan fingerprint density at radius 3 is 2.90 bits per heavy atom. The van der Waals surface area contributed by atoms with Crippen LogP contribution in [0.4, 0.5) is 5.69 Å². The van der Waals surface area contributed by atoms with Crippen LogP contribution in [0.3, 0.4) is 0 Å². The number of hydrogen-bond donors (Lipinski definition) is 2. The van der Waals surface area contributed by atoms with Gasteiger partial charge >= 0.3 is 0 Å². The van der Waals surface area contributed by atoms with E-state index in [9.17, 15) is 4.79 Å². The highest BCUT2D eigenvalue weighted by Crippen LogP contribution is 2.28. The van der Waals surface area contributed by atoms with Crippen LogP contribution in [-0.4, -0.2) is 23.5 Å². The van der Waals surface area contributed by atoms with Crippen LogP contribution in [0.25, 0.3) is 0 Å². The molecule has 0 radical (unpaired) electrons. The molecule has 0 aliphatic carbocycles. The van der Waals surface area contributed by atoms with Gasteiger partial charge in [-0.1, -0.05) is 36.7 Å². The zero-order valence-corrected chi connectivity index (χ0v) is 12.5. The van der Waals surface area contributed by atoms with Gasteiger partial charge in [0.05, 0.1) is 5.92 Å². The minimum absolute atomic E-state index is 0.00331. The van der Waals surface area contributed by atoms with Crippen molar-refractivity contribution < 1.29 is 10.0 Å². The molecule has 1 aromatic rings. The van der Waals surface area contributed by atoms with Gasteiger partial charge in [0.25, 0.3) is 0 Å². The summed E-state index contributed by atoms with van der Waals surface area (Å²) in [5, 5.41) is 12.0. The number of benzene rings is 1. The summed E-state index contributed by atoms with van der Waals surface area (Å²) in [4.78, 5) is 14.7. The molecule has 0 bridgehead atoms. The second-order valence-corrected chi connectivity index (χ2v) is 5.44. The predicted molar refractivity (Wildman–Crippen MR) is 83.5 cm³/mol. The third-order valence-corrected chi connectivity index (χ3v) is 3.97. The quantitative estimate of drug-likeness (QED) is 0.387. The van der Waals surface area contributed by atoms with E-state index in [-0.39, 0.29) is 11.7 Å². The van der Waals surface area contributed by atoms with Crippen LogP contribution in [0.2, 0.25) is 0 Å². The molecule has 0 fully saturated rings. The monoisotopic (exact) mass is 289 g/mol. The third kappa shape index (κ3) is 3.35. The second kappa shape index (κ2) is 7.11. The van der Waals surface area contributed by atoms with E-state index >= 15 is 0 Å². The van der Waals surface area contributed by atoms with Crippen LogP contribution >= 0.6 is 0 Å². The Hall–Kier alpha value is -2.04. The van der Waals surface area contributed by atoms with Crippen LogP contribution in [-0.2, 0) is 11.2 Å². The molecule has 1 aliphatic rings. The molecule has 1 atom stereocenters. The summed E-state index contributed by atoms with van der Waals surface area (Å²) in [6.45, 7) is 2.68. The fourth-order valence-corrected chi connectivity index (χ4v) is 2.86. The normalized spacial score (nSPS) is 17.0. The van der Waals surface area contributed by atoms with Crippen molar-refractivity contribution in [2.75, 3.05) is 11.4 Å². The molecule has 5 nitrogen and oxygen atoms in total. The van der Waals surface area contributed by atoms with Crippen molar-refractivity contribution in [1.82, 2.24) is 0 Å². The van der Waals surface area contributed by atoms with Gasteiger partial charge in [-0.3, -0.25) is 4.79 Å². The third-order valence-electron chi connectivity index (χ3n) is 3.97. The van der Waals surface area contributed by atoms with Gasteiger partial charge in [-0.15, -0.1) is 0 Å². The summed E-state index contributed by atoms with van der Waals surface area (Å²) >= 11 is 0. The molecule has 2 rings (SSSR count). The molecule has 1 unspecified atom stereocenters. The maximum absolute atomic E-state index is 12.9. The maximum atomic E-state index is 12.9. The molecule has 0 aromatic heterocycles. The molecule has 21 heavy (non-hydrogen) atoms. The van der Waals surface area contributed by atoms with Crippen molar-refractivity contribution in [2.24, 2.45) is 16.8 Å². The number of anilines is 1. The maximum Gasteiger partial charge on any atom is 0.237 e. The molecule has 1 aromatic carbocycles. The molecule has 0 saturated heterocycles. The average Bonchev–Trinajstić information content (AvgIpc) is 2.73. The number of amides is 1.